The zero-order chi connectivity index (χ0) is 14.4. The van der Waals surface area contributed by atoms with Crippen LogP contribution in [0.3, 0.4) is 0 Å². The number of nitro benzene ring substituents is 1. The van der Waals surface area contributed by atoms with E-state index in [1.165, 1.54) is 6.07 Å². The lowest BCUT2D eigenvalue weighted by atomic mass is 10.2. The van der Waals surface area contributed by atoms with Gasteiger partial charge in [0, 0.05) is 12.6 Å². The Balaban J connectivity index is 1.85. The number of nitrogens with one attached hydrogen (secondary N) is 1. The maximum absolute atomic E-state index is 10.8. The summed E-state index contributed by atoms with van der Waals surface area (Å²) in [6, 6.07) is 14.7. The largest absolute Gasteiger partial charge is 0.297 e. The van der Waals surface area contributed by atoms with Crippen LogP contribution in [0.1, 0.15) is 11.1 Å². The molecule has 0 fully saturated rings. The summed E-state index contributed by atoms with van der Waals surface area (Å²) in [5.41, 5.74) is 4.69. The van der Waals surface area contributed by atoms with Gasteiger partial charge in [0.15, 0.2) is 0 Å². The average Bonchev–Trinajstić information content (AvgIpc) is 2.46. The third kappa shape index (κ3) is 4.12. The molecule has 1 N–H and O–H groups in total. The van der Waals surface area contributed by atoms with E-state index in [0.29, 0.717) is 17.6 Å². The van der Waals surface area contributed by atoms with Gasteiger partial charge in [0.05, 0.1) is 16.0 Å². The van der Waals surface area contributed by atoms with Crippen LogP contribution in [-0.2, 0) is 18.0 Å². The number of hydroxylamine groups is 1. The van der Waals surface area contributed by atoms with Crippen molar-refractivity contribution in [2.75, 3.05) is 0 Å². The second-order valence-electron chi connectivity index (χ2n) is 4.14. The van der Waals surface area contributed by atoms with E-state index in [1.807, 2.05) is 30.3 Å². The highest BCUT2D eigenvalue weighted by Crippen LogP contribution is 2.25. The molecule has 0 amide bonds. The minimum atomic E-state index is -0.418. The molecule has 2 rings (SSSR count). The van der Waals surface area contributed by atoms with Crippen molar-refractivity contribution in [2.24, 2.45) is 0 Å². The Morgan fingerprint density at radius 3 is 2.60 bits per heavy atom. The zero-order valence-electron chi connectivity index (χ0n) is 10.6. The highest BCUT2D eigenvalue weighted by atomic mass is 79.9. The Morgan fingerprint density at radius 2 is 1.90 bits per heavy atom. The second kappa shape index (κ2) is 7.14. The molecular weight excluding hydrogens is 324 g/mol. The maximum atomic E-state index is 10.8. The summed E-state index contributed by atoms with van der Waals surface area (Å²) < 4.78 is 0.469. The van der Waals surface area contributed by atoms with Crippen molar-refractivity contribution < 1.29 is 9.76 Å². The first-order valence-electron chi connectivity index (χ1n) is 5.98. The summed E-state index contributed by atoms with van der Waals surface area (Å²) in [5.74, 6) is 0. The zero-order valence-corrected chi connectivity index (χ0v) is 12.2. The molecule has 5 nitrogen and oxygen atoms in total. The molecular formula is C14H13BrN2O3. The maximum Gasteiger partial charge on any atom is 0.283 e. The van der Waals surface area contributed by atoms with Crippen LogP contribution in [0.15, 0.2) is 53.0 Å². The summed E-state index contributed by atoms with van der Waals surface area (Å²) in [6.45, 7) is 0.848. The molecule has 0 aliphatic carbocycles. The molecule has 0 heterocycles. The van der Waals surface area contributed by atoms with Gasteiger partial charge >= 0.3 is 0 Å². The predicted molar refractivity (Wildman–Crippen MR) is 78.9 cm³/mol. The number of hydrogen-bond donors (Lipinski definition) is 1. The third-order valence-corrected chi connectivity index (χ3v) is 3.34. The summed E-state index contributed by atoms with van der Waals surface area (Å²) in [5, 5.41) is 10.8. The van der Waals surface area contributed by atoms with Gasteiger partial charge in [0.25, 0.3) is 5.69 Å². The number of hydrogen-bond acceptors (Lipinski definition) is 4. The molecule has 6 heteroatoms. The van der Waals surface area contributed by atoms with Crippen LogP contribution in [0, 0.1) is 10.1 Å². The minimum absolute atomic E-state index is 0.0485. The molecule has 0 aromatic heterocycles. The SMILES string of the molecule is O=[N+]([O-])c1cc(CNOCc2ccccc2)ccc1Br. The lowest BCUT2D eigenvalue weighted by Crippen LogP contribution is -2.14. The standard InChI is InChI=1S/C14H13BrN2O3/c15-13-7-6-12(8-14(13)17(18)19)9-16-20-10-11-4-2-1-3-5-11/h1-8,16H,9-10H2. The molecule has 20 heavy (non-hydrogen) atoms. The Labute approximate surface area is 124 Å². The fourth-order valence-electron chi connectivity index (χ4n) is 1.65. The Hall–Kier alpha value is -1.76. The van der Waals surface area contributed by atoms with Crippen LogP contribution in [-0.4, -0.2) is 4.92 Å². The van der Waals surface area contributed by atoms with E-state index in [1.54, 1.807) is 12.1 Å². The van der Waals surface area contributed by atoms with E-state index >= 15 is 0 Å². The quantitative estimate of drug-likeness (QED) is 0.497. The summed E-state index contributed by atoms with van der Waals surface area (Å²) >= 11 is 3.15. The van der Waals surface area contributed by atoms with Crippen LogP contribution in [0.5, 0.6) is 0 Å². The van der Waals surface area contributed by atoms with Crippen molar-refractivity contribution in [3.8, 4) is 0 Å². The van der Waals surface area contributed by atoms with Gasteiger partial charge in [0.2, 0.25) is 0 Å². The first kappa shape index (κ1) is 14.6. The Bertz CT molecular complexity index is 590. The third-order valence-electron chi connectivity index (χ3n) is 2.67. The van der Waals surface area contributed by atoms with Crippen LogP contribution in [0.4, 0.5) is 5.69 Å². The van der Waals surface area contributed by atoms with Gasteiger partial charge in [-0.1, -0.05) is 36.4 Å². The van der Waals surface area contributed by atoms with E-state index in [0.717, 1.165) is 11.1 Å². The van der Waals surface area contributed by atoms with Gasteiger partial charge in [-0.25, -0.2) is 0 Å². The number of benzene rings is 2. The first-order valence-corrected chi connectivity index (χ1v) is 6.77. The minimum Gasteiger partial charge on any atom is -0.297 e. The summed E-state index contributed by atoms with van der Waals surface area (Å²) in [4.78, 5) is 15.7. The molecule has 0 spiro atoms. The predicted octanol–water partition coefficient (Wildman–Crippen LogP) is 3.58. The van der Waals surface area contributed by atoms with Crippen LogP contribution < -0.4 is 5.48 Å². The molecule has 0 radical (unpaired) electrons. The molecule has 2 aromatic carbocycles. The average molecular weight is 337 g/mol. The Morgan fingerprint density at radius 1 is 1.15 bits per heavy atom. The molecule has 0 saturated carbocycles. The van der Waals surface area contributed by atoms with Crippen LogP contribution in [0.25, 0.3) is 0 Å². The summed E-state index contributed by atoms with van der Waals surface area (Å²) in [6.07, 6.45) is 0. The number of nitrogens with zero attached hydrogens (tertiary/aromatic N) is 1. The van der Waals surface area contributed by atoms with Crippen molar-refractivity contribution in [3.63, 3.8) is 0 Å². The van der Waals surface area contributed by atoms with Crippen molar-refractivity contribution in [2.45, 2.75) is 13.2 Å². The molecule has 0 unspecified atom stereocenters. The lowest BCUT2D eigenvalue weighted by Gasteiger charge is -2.06. The number of rotatable bonds is 6. The normalized spacial score (nSPS) is 10.4. The molecule has 0 aliphatic heterocycles. The van der Waals surface area contributed by atoms with Gasteiger partial charge in [-0.15, -0.1) is 0 Å². The monoisotopic (exact) mass is 336 g/mol. The second-order valence-corrected chi connectivity index (χ2v) is 4.99. The van der Waals surface area contributed by atoms with E-state index in [9.17, 15) is 10.1 Å². The fraction of sp³-hybridized carbons (Fsp3) is 0.143. The van der Waals surface area contributed by atoms with Gasteiger partial charge in [-0.05, 0) is 33.1 Å². The van der Waals surface area contributed by atoms with E-state index in [2.05, 4.69) is 21.4 Å². The van der Waals surface area contributed by atoms with Crippen LogP contribution in [0.2, 0.25) is 0 Å². The highest BCUT2D eigenvalue weighted by Gasteiger charge is 2.11. The van der Waals surface area contributed by atoms with Gasteiger partial charge in [-0.2, -0.15) is 5.48 Å². The molecule has 0 atom stereocenters. The van der Waals surface area contributed by atoms with E-state index < -0.39 is 4.92 Å². The molecule has 0 aliphatic rings. The topological polar surface area (TPSA) is 64.4 Å². The molecule has 0 bridgehead atoms. The molecule has 104 valence electrons. The number of nitro groups is 1. The summed E-state index contributed by atoms with van der Waals surface area (Å²) in [7, 11) is 0. The van der Waals surface area contributed by atoms with Crippen molar-refractivity contribution in [3.05, 3.63) is 74.2 Å². The van der Waals surface area contributed by atoms with Gasteiger partial charge < -0.3 is 0 Å². The fourth-order valence-corrected chi connectivity index (χ4v) is 2.04. The van der Waals surface area contributed by atoms with Crippen LogP contribution >= 0.6 is 15.9 Å². The highest BCUT2D eigenvalue weighted by molar-refractivity contribution is 9.10. The lowest BCUT2D eigenvalue weighted by molar-refractivity contribution is -0.385. The van der Waals surface area contributed by atoms with E-state index in [4.69, 9.17) is 4.84 Å². The number of halogens is 1. The van der Waals surface area contributed by atoms with Crippen molar-refractivity contribution in [1.82, 2.24) is 5.48 Å². The first-order chi connectivity index (χ1) is 9.66. The van der Waals surface area contributed by atoms with E-state index in [-0.39, 0.29) is 5.69 Å². The van der Waals surface area contributed by atoms with Gasteiger partial charge in [0.1, 0.15) is 0 Å². The van der Waals surface area contributed by atoms with Crippen molar-refractivity contribution >= 4 is 21.6 Å². The Kier molecular flexibility index (Phi) is 5.23. The molecule has 0 saturated heterocycles. The smallest absolute Gasteiger partial charge is 0.283 e. The van der Waals surface area contributed by atoms with Crippen molar-refractivity contribution in [1.29, 1.82) is 0 Å². The van der Waals surface area contributed by atoms with Gasteiger partial charge in [-0.3, -0.25) is 15.0 Å². The molecule has 2 aromatic rings.